The van der Waals surface area contributed by atoms with E-state index in [-0.39, 0.29) is 23.1 Å². The lowest BCUT2D eigenvalue weighted by Crippen LogP contribution is -2.53. The summed E-state index contributed by atoms with van der Waals surface area (Å²) in [6.45, 7) is 4.97. The molecule has 2 N–H and O–H groups in total. The minimum Gasteiger partial charge on any atom is -0.349 e. The van der Waals surface area contributed by atoms with Gasteiger partial charge in [-0.25, -0.2) is 0 Å². The van der Waals surface area contributed by atoms with Crippen molar-refractivity contribution in [3.63, 3.8) is 0 Å². The number of carbonyl (C=O) groups is 2. The third-order valence-electron chi connectivity index (χ3n) is 6.67. The molecule has 2 atom stereocenters. The number of fused-ring (bicyclic) bond motifs is 2. The maximum atomic E-state index is 13.4. The highest BCUT2D eigenvalue weighted by atomic mass is 16.2. The molecule has 3 aromatic rings. The second kappa shape index (κ2) is 6.54. The van der Waals surface area contributed by atoms with Crippen LogP contribution in [0.3, 0.4) is 0 Å². The van der Waals surface area contributed by atoms with Gasteiger partial charge in [-0.1, -0.05) is 13.8 Å². The normalized spacial score (nSPS) is 24.4. The maximum Gasteiger partial charge on any atom is 0.270 e. The van der Waals surface area contributed by atoms with Gasteiger partial charge in [0.05, 0.1) is 17.2 Å². The largest absolute Gasteiger partial charge is 0.349 e. The van der Waals surface area contributed by atoms with Crippen molar-refractivity contribution in [3.8, 4) is 0 Å². The first kappa shape index (κ1) is 18.1. The van der Waals surface area contributed by atoms with E-state index in [0.717, 1.165) is 35.9 Å². The summed E-state index contributed by atoms with van der Waals surface area (Å²) in [5.74, 6) is 0.467. The van der Waals surface area contributed by atoms with E-state index in [1.807, 2.05) is 23.1 Å². The topological polar surface area (TPSA) is 94.7 Å². The van der Waals surface area contributed by atoms with Crippen LogP contribution in [0.15, 0.2) is 30.6 Å². The van der Waals surface area contributed by atoms with Crippen LogP contribution in [0.25, 0.3) is 11.0 Å². The van der Waals surface area contributed by atoms with Crippen molar-refractivity contribution in [2.45, 2.75) is 45.6 Å². The Bertz CT molecular complexity index is 1060. The number of hydrogen-bond acceptors (Lipinski definition) is 4. The SMILES string of the molecule is CC(C)C1CC2(CCN1C(=O)c1cc3ncccc3[nH]1)CC(=O)c1[nH]ncc1C2. The Morgan fingerprint density at radius 2 is 2.21 bits per heavy atom. The summed E-state index contributed by atoms with van der Waals surface area (Å²) in [5.41, 5.74) is 3.86. The smallest absolute Gasteiger partial charge is 0.270 e. The number of ketones is 1. The van der Waals surface area contributed by atoms with Crippen molar-refractivity contribution in [1.82, 2.24) is 25.1 Å². The zero-order valence-corrected chi connectivity index (χ0v) is 16.7. The molecule has 3 aromatic heterocycles. The first-order chi connectivity index (χ1) is 14.0. The van der Waals surface area contributed by atoms with Crippen LogP contribution in [-0.2, 0) is 6.42 Å². The molecule has 0 aromatic carbocycles. The Kier molecular flexibility index (Phi) is 4.08. The fraction of sp³-hybridized carbons (Fsp3) is 0.455. The number of carbonyl (C=O) groups excluding carboxylic acids is 2. The van der Waals surface area contributed by atoms with Gasteiger partial charge in [-0.05, 0) is 48.8 Å². The molecule has 7 nitrogen and oxygen atoms in total. The number of piperidine rings is 1. The average molecular weight is 391 g/mol. The first-order valence-electron chi connectivity index (χ1n) is 10.3. The minimum absolute atomic E-state index is 0.0164. The second-order valence-electron chi connectivity index (χ2n) is 8.93. The van der Waals surface area contributed by atoms with Crippen LogP contribution in [0.4, 0.5) is 0 Å². The maximum absolute atomic E-state index is 13.4. The quantitative estimate of drug-likeness (QED) is 0.700. The van der Waals surface area contributed by atoms with Crippen molar-refractivity contribution in [2.24, 2.45) is 11.3 Å². The minimum atomic E-state index is -0.0817. The summed E-state index contributed by atoms with van der Waals surface area (Å²) in [4.78, 5) is 35.6. The van der Waals surface area contributed by atoms with Crippen LogP contribution < -0.4 is 0 Å². The molecule has 2 aliphatic rings. The zero-order chi connectivity index (χ0) is 20.2. The van der Waals surface area contributed by atoms with E-state index in [0.29, 0.717) is 30.3 Å². The van der Waals surface area contributed by atoms with Gasteiger partial charge in [0.1, 0.15) is 11.4 Å². The lowest BCUT2D eigenvalue weighted by Gasteiger charge is -2.49. The molecular weight excluding hydrogens is 366 g/mol. The number of pyridine rings is 1. The van der Waals surface area contributed by atoms with Crippen molar-refractivity contribution < 1.29 is 9.59 Å². The van der Waals surface area contributed by atoms with Crippen LogP contribution in [0, 0.1) is 11.3 Å². The average Bonchev–Trinajstić information content (AvgIpc) is 3.34. The molecule has 0 bridgehead atoms. The predicted molar refractivity (Wildman–Crippen MR) is 109 cm³/mol. The van der Waals surface area contributed by atoms with E-state index >= 15 is 0 Å². The zero-order valence-electron chi connectivity index (χ0n) is 16.7. The standard InChI is InChI=1S/C22H25N5O2/c1-13(2)18-10-22(9-14-12-24-26-20(14)19(28)11-22)5-7-27(18)21(29)17-8-16-15(25-17)4-3-6-23-16/h3-4,6,8,12-13,18,25H,5,7,9-11H2,1-2H3,(H,24,26). The second-order valence-corrected chi connectivity index (χ2v) is 8.93. The van der Waals surface area contributed by atoms with Crippen LogP contribution in [0.2, 0.25) is 0 Å². The fourth-order valence-corrected chi connectivity index (χ4v) is 5.16. The number of hydrogen-bond donors (Lipinski definition) is 2. The van der Waals surface area contributed by atoms with E-state index in [4.69, 9.17) is 0 Å². The highest BCUT2D eigenvalue weighted by Crippen LogP contribution is 2.46. The van der Waals surface area contributed by atoms with Gasteiger partial charge < -0.3 is 9.88 Å². The van der Waals surface area contributed by atoms with Gasteiger partial charge in [0.2, 0.25) is 0 Å². The molecule has 0 radical (unpaired) electrons. The van der Waals surface area contributed by atoms with Gasteiger partial charge in [0.15, 0.2) is 5.78 Å². The number of amides is 1. The summed E-state index contributed by atoms with van der Waals surface area (Å²) in [5, 5.41) is 6.92. The predicted octanol–water partition coefficient (Wildman–Crippen LogP) is 3.36. The van der Waals surface area contributed by atoms with Gasteiger partial charge in [-0.2, -0.15) is 5.10 Å². The summed E-state index contributed by atoms with van der Waals surface area (Å²) in [7, 11) is 0. The molecule has 29 heavy (non-hydrogen) atoms. The summed E-state index contributed by atoms with van der Waals surface area (Å²) < 4.78 is 0. The molecule has 1 spiro atoms. The van der Waals surface area contributed by atoms with E-state index in [9.17, 15) is 9.59 Å². The van der Waals surface area contributed by atoms with Gasteiger partial charge >= 0.3 is 0 Å². The number of likely N-dealkylation sites (tertiary alicyclic amines) is 1. The lowest BCUT2D eigenvalue weighted by atomic mass is 9.64. The monoisotopic (exact) mass is 391 g/mol. The number of rotatable bonds is 2. The first-order valence-corrected chi connectivity index (χ1v) is 10.3. The lowest BCUT2D eigenvalue weighted by molar-refractivity contribution is 0.0174. The van der Waals surface area contributed by atoms with Gasteiger partial charge in [0, 0.05) is 30.8 Å². The van der Waals surface area contributed by atoms with Crippen molar-refractivity contribution >= 4 is 22.7 Å². The van der Waals surface area contributed by atoms with E-state index < -0.39 is 0 Å². The highest BCUT2D eigenvalue weighted by molar-refractivity contribution is 5.98. The number of aromatic amines is 2. The fourth-order valence-electron chi connectivity index (χ4n) is 5.16. The molecule has 1 fully saturated rings. The molecule has 2 unspecified atom stereocenters. The Labute approximate surface area is 168 Å². The molecular formula is C22H25N5O2. The van der Waals surface area contributed by atoms with Crippen molar-refractivity contribution in [3.05, 3.63) is 47.5 Å². The van der Waals surface area contributed by atoms with Crippen molar-refractivity contribution in [1.29, 1.82) is 0 Å². The molecule has 4 heterocycles. The van der Waals surface area contributed by atoms with E-state index in [2.05, 4.69) is 34.0 Å². The molecule has 0 saturated carbocycles. The summed E-state index contributed by atoms with van der Waals surface area (Å²) >= 11 is 0. The molecule has 150 valence electrons. The third-order valence-corrected chi connectivity index (χ3v) is 6.67. The molecule has 1 saturated heterocycles. The molecule has 1 aliphatic heterocycles. The van der Waals surface area contributed by atoms with Gasteiger partial charge in [0.25, 0.3) is 5.91 Å². The highest BCUT2D eigenvalue weighted by Gasteiger charge is 2.47. The number of nitrogens with zero attached hydrogens (tertiary/aromatic N) is 3. The van der Waals surface area contributed by atoms with Crippen LogP contribution >= 0.6 is 0 Å². The Hall–Kier alpha value is -2.96. The molecule has 7 heteroatoms. The number of H-pyrrole nitrogens is 2. The van der Waals surface area contributed by atoms with E-state index in [1.54, 1.807) is 12.4 Å². The molecule has 5 rings (SSSR count). The molecule has 1 aliphatic carbocycles. The molecule has 1 amide bonds. The van der Waals surface area contributed by atoms with Crippen LogP contribution in [0.5, 0.6) is 0 Å². The van der Waals surface area contributed by atoms with Crippen LogP contribution in [-0.4, -0.2) is 49.3 Å². The number of aromatic nitrogens is 4. The number of nitrogens with one attached hydrogen (secondary N) is 2. The third kappa shape index (κ3) is 2.96. The summed E-state index contributed by atoms with van der Waals surface area (Å²) in [6.07, 6.45) is 6.57. The summed E-state index contributed by atoms with van der Waals surface area (Å²) in [6, 6.07) is 5.72. The van der Waals surface area contributed by atoms with Crippen LogP contribution in [0.1, 0.15) is 59.7 Å². The van der Waals surface area contributed by atoms with Gasteiger partial charge in [-0.15, -0.1) is 0 Å². The Balaban J connectivity index is 1.43. The Morgan fingerprint density at radius 3 is 3.00 bits per heavy atom. The van der Waals surface area contributed by atoms with E-state index in [1.165, 1.54) is 0 Å². The Morgan fingerprint density at radius 1 is 1.34 bits per heavy atom. The van der Waals surface area contributed by atoms with Gasteiger partial charge in [-0.3, -0.25) is 19.7 Å². The van der Waals surface area contributed by atoms with Crippen molar-refractivity contribution in [2.75, 3.05) is 6.54 Å². The number of Topliss-reactive ketones (excluding diaryl/α,β-unsaturated/α-hetero) is 1.